The van der Waals surface area contributed by atoms with Gasteiger partial charge in [0.25, 0.3) is 0 Å². The Morgan fingerprint density at radius 1 is 0.574 bits per heavy atom. The molecule has 0 aliphatic heterocycles. The van der Waals surface area contributed by atoms with Gasteiger partial charge in [0.05, 0.1) is 22.2 Å². The minimum atomic E-state index is -0.151. The third kappa shape index (κ3) is 3.64. The van der Waals surface area contributed by atoms with Gasteiger partial charge in [0.15, 0.2) is 11.4 Å². The van der Waals surface area contributed by atoms with Crippen LogP contribution in [0.15, 0.2) is 144 Å². The van der Waals surface area contributed by atoms with E-state index >= 15 is 0 Å². The van der Waals surface area contributed by atoms with Gasteiger partial charge < -0.3 is 8.98 Å². The second-order valence-electron chi connectivity index (χ2n) is 13.0. The molecular formula is C43H29N3O. The van der Waals surface area contributed by atoms with Gasteiger partial charge in [0.1, 0.15) is 5.76 Å². The molecule has 0 fully saturated rings. The Labute approximate surface area is 271 Å². The zero-order valence-electron chi connectivity index (χ0n) is 26.0. The van der Waals surface area contributed by atoms with Crippen molar-refractivity contribution in [2.45, 2.75) is 19.3 Å². The summed E-state index contributed by atoms with van der Waals surface area (Å²) in [6.07, 6.45) is 0. The SMILES string of the molecule is CC1(C)c2ccccc2-c2oc3c(ccc4c5ccccc5n(-c5ccc(-c6nc(-c7ccccc7)c7ccccc7n6)cc5)c43)c21. The number of nitrogens with zero attached hydrogens (tertiary/aromatic N) is 3. The number of furan rings is 1. The third-order valence-electron chi connectivity index (χ3n) is 9.99. The summed E-state index contributed by atoms with van der Waals surface area (Å²) >= 11 is 0. The van der Waals surface area contributed by atoms with E-state index in [0.717, 1.165) is 55.8 Å². The fraction of sp³-hybridized carbons (Fsp3) is 0.0698. The normalized spacial score (nSPS) is 13.5. The molecule has 1 aliphatic carbocycles. The van der Waals surface area contributed by atoms with Crippen molar-refractivity contribution >= 4 is 43.7 Å². The molecule has 222 valence electrons. The summed E-state index contributed by atoms with van der Waals surface area (Å²) in [4.78, 5) is 10.1. The van der Waals surface area contributed by atoms with Crippen LogP contribution in [-0.2, 0) is 5.41 Å². The molecule has 4 nitrogen and oxygen atoms in total. The molecule has 4 heteroatoms. The molecule has 0 amide bonds. The first-order chi connectivity index (χ1) is 23.1. The van der Waals surface area contributed by atoms with Crippen molar-refractivity contribution in [1.29, 1.82) is 0 Å². The maximum Gasteiger partial charge on any atom is 0.160 e. The average Bonchev–Trinajstić information content (AvgIpc) is 3.75. The van der Waals surface area contributed by atoms with E-state index in [1.54, 1.807) is 0 Å². The van der Waals surface area contributed by atoms with Gasteiger partial charge in [-0.1, -0.05) is 117 Å². The number of rotatable bonds is 3. The molecule has 47 heavy (non-hydrogen) atoms. The molecule has 6 aromatic carbocycles. The van der Waals surface area contributed by atoms with Gasteiger partial charge >= 0.3 is 0 Å². The molecule has 0 N–H and O–H groups in total. The second-order valence-corrected chi connectivity index (χ2v) is 13.0. The molecular weight excluding hydrogens is 574 g/mol. The molecule has 0 saturated carbocycles. The highest BCUT2D eigenvalue weighted by Gasteiger charge is 2.40. The number of hydrogen-bond acceptors (Lipinski definition) is 3. The standard InChI is InChI=1S/C43H29N3O/c1-43(2)34-17-9-6-15-31(34)40-37(43)33-25-24-30-29-14-8-11-19-36(29)46(39(30)41(33)47-40)28-22-20-27(21-23-28)42-44-35-18-10-7-16-32(35)38(45-42)26-12-4-3-5-13-26/h3-25H,1-2H3. The van der Waals surface area contributed by atoms with E-state index in [1.807, 2.05) is 18.2 Å². The van der Waals surface area contributed by atoms with Crippen LogP contribution in [0.5, 0.6) is 0 Å². The minimum absolute atomic E-state index is 0.151. The second kappa shape index (κ2) is 9.51. The molecule has 10 rings (SSSR count). The Morgan fingerprint density at radius 3 is 2.13 bits per heavy atom. The van der Waals surface area contributed by atoms with Crippen LogP contribution in [0.3, 0.4) is 0 Å². The van der Waals surface area contributed by atoms with E-state index in [2.05, 4.69) is 140 Å². The number of benzene rings is 6. The molecule has 0 radical (unpaired) electrons. The first-order valence-electron chi connectivity index (χ1n) is 16.1. The van der Waals surface area contributed by atoms with Crippen molar-refractivity contribution in [3.05, 3.63) is 151 Å². The monoisotopic (exact) mass is 603 g/mol. The van der Waals surface area contributed by atoms with Crippen molar-refractivity contribution in [2.24, 2.45) is 0 Å². The number of hydrogen-bond donors (Lipinski definition) is 0. The molecule has 3 heterocycles. The summed E-state index contributed by atoms with van der Waals surface area (Å²) in [5.74, 6) is 1.70. The van der Waals surface area contributed by atoms with Crippen LogP contribution in [0.25, 0.3) is 83.3 Å². The van der Waals surface area contributed by atoms with E-state index in [4.69, 9.17) is 14.4 Å². The summed E-state index contributed by atoms with van der Waals surface area (Å²) in [7, 11) is 0. The topological polar surface area (TPSA) is 43.9 Å². The molecule has 0 saturated heterocycles. The lowest BCUT2D eigenvalue weighted by Crippen LogP contribution is -2.14. The van der Waals surface area contributed by atoms with Crippen LogP contribution in [-0.4, -0.2) is 14.5 Å². The zero-order chi connectivity index (χ0) is 31.3. The molecule has 9 aromatic rings. The van der Waals surface area contributed by atoms with Crippen LogP contribution < -0.4 is 0 Å². The minimum Gasteiger partial charge on any atom is -0.453 e. The van der Waals surface area contributed by atoms with Crippen molar-refractivity contribution < 1.29 is 4.42 Å². The fourth-order valence-electron chi connectivity index (χ4n) is 7.82. The van der Waals surface area contributed by atoms with Crippen molar-refractivity contribution in [1.82, 2.24) is 14.5 Å². The van der Waals surface area contributed by atoms with E-state index in [9.17, 15) is 0 Å². The summed E-state index contributed by atoms with van der Waals surface area (Å²) in [6, 6.07) is 49.0. The van der Waals surface area contributed by atoms with Gasteiger partial charge in [-0.25, -0.2) is 9.97 Å². The van der Waals surface area contributed by atoms with E-state index in [1.165, 1.54) is 32.8 Å². The van der Waals surface area contributed by atoms with Gasteiger partial charge in [-0.3, -0.25) is 0 Å². The van der Waals surface area contributed by atoms with Crippen LogP contribution >= 0.6 is 0 Å². The van der Waals surface area contributed by atoms with Gasteiger partial charge in [0.2, 0.25) is 0 Å². The van der Waals surface area contributed by atoms with Gasteiger partial charge in [-0.2, -0.15) is 0 Å². The Bertz CT molecular complexity index is 2700. The van der Waals surface area contributed by atoms with Crippen LogP contribution in [0.2, 0.25) is 0 Å². The third-order valence-corrected chi connectivity index (χ3v) is 9.99. The highest BCUT2D eigenvalue weighted by molar-refractivity contribution is 6.18. The van der Waals surface area contributed by atoms with E-state index in [-0.39, 0.29) is 5.41 Å². The lowest BCUT2D eigenvalue weighted by atomic mass is 9.81. The predicted molar refractivity (Wildman–Crippen MR) is 192 cm³/mol. The molecule has 3 aromatic heterocycles. The van der Waals surface area contributed by atoms with Gasteiger partial charge in [0, 0.05) is 54.9 Å². The lowest BCUT2D eigenvalue weighted by molar-refractivity contribution is 0.621. The van der Waals surface area contributed by atoms with Crippen LogP contribution in [0, 0.1) is 0 Å². The highest BCUT2D eigenvalue weighted by Crippen LogP contribution is 2.54. The van der Waals surface area contributed by atoms with Crippen molar-refractivity contribution in [3.63, 3.8) is 0 Å². The summed E-state index contributed by atoms with van der Waals surface area (Å²) < 4.78 is 9.28. The first kappa shape index (κ1) is 26.2. The molecule has 1 aliphatic rings. The summed E-state index contributed by atoms with van der Waals surface area (Å²) in [5.41, 5.74) is 11.8. The fourth-order valence-corrected chi connectivity index (χ4v) is 7.82. The maximum atomic E-state index is 6.93. The van der Waals surface area contributed by atoms with Crippen molar-refractivity contribution in [3.8, 4) is 39.7 Å². The Kier molecular flexibility index (Phi) is 5.31. The predicted octanol–water partition coefficient (Wildman–Crippen LogP) is 11.1. The Morgan fingerprint density at radius 2 is 1.28 bits per heavy atom. The number of aromatic nitrogens is 3. The van der Waals surface area contributed by atoms with E-state index in [0.29, 0.717) is 5.82 Å². The average molecular weight is 604 g/mol. The molecule has 0 bridgehead atoms. The molecule has 0 unspecified atom stereocenters. The highest BCUT2D eigenvalue weighted by atomic mass is 16.3. The Balaban J connectivity index is 1.18. The smallest absolute Gasteiger partial charge is 0.160 e. The Hall–Kier alpha value is -6.00. The largest absolute Gasteiger partial charge is 0.453 e. The van der Waals surface area contributed by atoms with Gasteiger partial charge in [-0.05, 0) is 42.0 Å². The summed E-state index contributed by atoms with van der Waals surface area (Å²) in [6.45, 7) is 4.62. The first-order valence-corrected chi connectivity index (χ1v) is 16.1. The van der Waals surface area contributed by atoms with Crippen molar-refractivity contribution in [2.75, 3.05) is 0 Å². The quantitative estimate of drug-likeness (QED) is 0.202. The lowest BCUT2D eigenvalue weighted by Gasteiger charge is -2.20. The molecule has 0 atom stereocenters. The van der Waals surface area contributed by atoms with E-state index < -0.39 is 0 Å². The zero-order valence-corrected chi connectivity index (χ0v) is 26.0. The van der Waals surface area contributed by atoms with Gasteiger partial charge in [-0.15, -0.1) is 0 Å². The maximum absolute atomic E-state index is 6.93. The van der Waals surface area contributed by atoms with Crippen LogP contribution in [0.4, 0.5) is 0 Å². The summed E-state index contributed by atoms with van der Waals surface area (Å²) in [5, 5.41) is 4.60. The number of para-hydroxylation sites is 2. The number of fused-ring (bicyclic) bond motifs is 10. The van der Waals surface area contributed by atoms with Crippen LogP contribution in [0.1, 0.15) is 25.0 Å². The molecule has 0 spiro atoms.